The highest BCUT2D eigenvalue weighted by Crippen LogP contribution is 2.34. The van der Waals surface area contributed by atoms with Gasteiger partial charge in [0.05, 0.1) is 17.5 Å². The van der Waals surface area contributed by atoms with E-state index in [9.17, 15) is 23.1 Å². The maximum absolute atomic E-state index is 13.6. The fourth-order valence-corrected chi connectivity index (χ4v) is 5.74. The fraction of sp³-hybridized carbons (Fsp3) is 0.304. The zero-order chi connectivity index (χ0) is 24.5. The smallest absolute Gasteiger partial charge is 0.407 e. The summed E-state index contributed by atoms with van der Waals surface area (Å²) in [6.45, 7) is 2.21. The first kappa shape index (κ1) is 23.6. The Morgan fingerprint density at radius 1 is 1.06 bits per heavy atom. The minimum absolute atomic E-state index is 0.00782. The number of amides is 2. The topological polar surface area (TPSA) is 121 Å². The highest BCUT2D eigenvalue weighted by molar-refractivity contribution is 7.90. The van der Waals surface area contributed by atoms with E-state index in [4.69, 9.17) is 4.74 Å². The first-order valence-corrected chi connectivity index (χ1v) is 12.2. The third-order valence-electron chi connectivity index (χ3n) is 6.00. The number of aromatic nitrogens is 1. The van der Waals surface area contributed by atoms with Crippen LogP contribution < -0.4 is 10.1 Å². The molecule has 0 atom stereocenters. The van der Waals surface area contributed by atoms with E-state index in [1.54, 1.807) is 36.4 Å². The molecule has 2 heterocycles. The van der Waals surface area contributed by atoms with Crippen LogP contribution in [-0.2, 0) is 16.6 Å². The summed E-state index contributed by atoms with van der Waals surface area (Å²) in [6.07, 6.45) is -0.947. The molecule has 4 rings (SSSR count). The van der Waals surface area contributed by atoms with Crippen molar-refractivity contribution in [2.75, 3.05) is 40.3 Å². The molecule has 0 bridgehead atoms. The molecule has 0 radical (unpaired) electrons. The van der Waals surface area contributed by atoms with Crippen molar-refractivity contribution in [3.05, 3.63) is 59.8 Å². The minimum atomic E-state index is -4.06. The Morgan fingerprint density at radius 3 is 2.32 bits per heavy atom. The Hall–Kier alpha value is -3.57. The van der Waals surface area contributed by atoms with Crippen LogP contribution in [-0.4, -0.2) is 79.6 Å². The van der Waals surface area contributed by atoms with Gasteiger partial charge in [0.1, 0.15) is 11.4 Å². The Balaban J connectivity index is 1.85. The second kappa shape index (κ2) is 9.35. The molecule has 180 valence electrons. The van der Waals surface area contributed by atoms with Gasteiger partial charge in [-0.15, -0.1) is 0 Å². The number of benzene rings is 2. The van der Waals surface area contributed by atoms with Gasteiger partial charge < -0.3 is 20.1 Å². The van der Waals surface area contributed by atoms with Crippen molar-refractivity contribution in [2.24, 2.45) is 0 Å². The van der Waals surface area contributed by atoms with Crippen LogP contribution in [0.2, 0.25) is 0 Å². The zero-order valence-electron chi connectivity index (χ0n) is 18.9. The molecule has 1 aromatic heterocycles. The van der Waals surface area contributed by atoms with Crippen LogP contribution in [0.3, 0.4) is 0 Å². The fourth-order valence-electron chi connectivity index (χ4n) is 4.21. The van der Waals surface area contributed by atoms with E-state index in [1.807, 2.05) is 0 Å². The number of carbonyl (C=O) groups excluding carboxylic acids is 1. The molecule has 10 nitrogen and oxygen atoms in total. The van der Waals surface area contributed by atoms with Crippen molar-refractivity contribution >= 4 is 32.9 Å². The van der Waals surface area contributed by atoms with Gasteiger partial charge in [0.25, 0.3) is 15.9 Å². The summed E-state index contributed by atoms with van der Waals surface area (Å²) in [4.78, 5) is 27.5. The molecule has 34 heavy (non-hydrogen) atoms. The zero-order valence-corrected chi connectivity index (χ0v) is 19.7. The number of hydrogen-bond acceptors (Lipinski definition) is 6. The number of hydrogen-bond donors (Lipinski definition) is 2. The number of nitrogens with zero attached hydrogens (tertiary/aromatic N) is 3. The largest absolute Gasteiger partial charge is 0.496 e. The summed E-state index contributed by atoms with van der Waals surface area (Å²) in [5.74, 6) is 0.0292. The molecule has 3 aromatic rings. The van der Waals surface area contributed by atoms with Gasteiger partial charge in [-0.3, -0.25) is 9.69 Å². The molecule has 0 spiro atoms. The first-order chi connectivity index (χ1) is 16.3. The third-order valence-corrected chi connectivity index (χ3v) is 7.74. The summed E-state index contributed by atoms with van der Waals surface area (Å²) in [7, 11) is -1.09. The van der Waals surface area contributed by atoms with Gasteiger partial charge in [0.15, 0.2) is 0 Å². The number of carbonyl (C=O) groups is 2. The number of methoxy groups -OCH3 is 1. The maximum atomic E-state index is 13.6. The number of piperazine rings is 1. The second-order valence-electron chi connectivity index (χ2n) is 7.92. The van der Waals surface area contributed by atoms with Crippen molar-refractivity contribution in [3.63, 3.8) is 0 Å². The van der Waals surface area contributed by atoms with E-state index in [1.165, 1.54) is 31.2 Å². The number of fused-ring (bicyclic) bond motifs is 1. The van der Waals surface area contributed by atoms with Crippen LogP contribution in [0, 0.1) is 0 Å². The summed E-state index contributed by atoms with van der Waals surface area (Å²) >= 11 is 0. The van der Waals surface area contributed by atoms with Gasteiger partial charge in [-0.2, -0.15) is 0 Å². The molecule has 1 saturated heterocycles. The molecule has 0 aliphatic carbocycles. The molecule has 2 N–H and O–H groups in total. The summed E-state index contributed by atoms with van der Waals surface area (Å²) in [6, 6.07) is 12.8. The van der Waals surface area contributed by atoms with E-state index in [0.29, 0.717) is 49.4 Å². The van der Waals surface area contributed by atoms with E-state index >= 15 is 0 Å². The predicted octanol–water partition coefficient (Wildman–Crippen LogP) is 2.04. The molecule has 2 amide bonds. The Labute approximate surface area is 197 Å². The first-order valence-electron chi connectivity index (χ1n) is 10.7. The second-order valence-corrected chi connectivity index (χ2v) is 9.70. The molecule has 1 fully saturated rings. The van der Waals surface area contributed by atoms with Gasteiger partial charge in [-0.25, -0.2) is 17.2 Å². The van der Waals surface area contributed by atoms with Crippen LogP contribution in [0.25, 0.3) is 10.9 Å². The molecule has 11 heteroatoms. The highest BCUT2D eigenvalue weighted by Gasteiger charge is 2.29. The van der Waals surface area contributed by atoms with Gasteiger partial charge in [0.2, 0.25) is 0 Å². The van der Waals surface area contributed by atoms with E-state index in [-0.39, 0.29) is 10.6 Å². The van der Waals surface area contributed by atoms with Gasteiger partial charge in [-0.1, -0.05) is 18.2 Å². The molecule has 2 aromatic carbocycles. The summed E-state index contributed by atoms with van der Waals surface area (Å²) < 4.78 is 33.8. The van der Waals surface area contributed by atoms with Crippen LogP contribution in [0.1, 0.15) is 16.1 Å². The number of nitrogens with one attached hydrogen (secondary N) is 1. The molecule has 0 unspecified atom stereocenters. The SMILES string of the molecule is CNC(=O)c1cc2c(CN3CCN(C(=O)O)CC3)c(OC)ccc2n1S(=O)(=O)c1ccccc1. The molecule has 1 aliphatic rings. The van der Waals surface area contributed by atoms with Crippen LogP contribution in [0.5, 0.6) is 5.75 Å². The average molecular weight is 487 g/mol. The highest BCUT2D eigenvalue weighted by atomic mass is 32.2. The molecular weight excluding hydrogens is 460 g/mol. The Morgan fingerprint density at radius 2 is 1.74 bits per heavy atom. The number of carboxylic acid groups (broad SMARTS) is 1. The normalized spacial score (nSPS) is 14.8. The van der Waals surface area contributed by atoms with Crippen LogP contribution in [0.15, 0.2) is 53.4 Å². The van der Waals surface area contributed by atoms with Gasteiger partial charge in [-0.05, 0) is 30.3 Å². The number of ether oxygens (including phenoxy) is 1. The van der Waals surface area contributed by atoms with Crippen molar-refractivity contribution in [3.8, 4) is 5.75 Å². The lowest BCUT2D eigenvalue weighted by Crippen LogP contribution is -2.47. The number of rotatable bonds is 6. The van der Waals surface area contributed by atoms with E-state index in [0.717, 1.165) is 9.54 Å². The maximum Gasteiger partial charge on any atom is 0.407 e. The Bertz CT molecular complexity index is 1330. The molecule has 0 saturated carbocycles. The third kappa shape index (κ3) is 4.19. The summed E-state index contributed by atoms with van der Waals surface area (Å²) in [5, 5.41) is 12.3. The summed E-state index contributed by atoms with van der Waals surface area (Å²) in [5.41, 5.74) is 1.09. The lowest BCUT2D eigenvalue weighted by atomic mass is 10.1. The predicted molar refractivity (Wildman–Crippen MR) is 126 cm³/mol. The van der Waals surface area contributed by atoms with E-state index in [2.05, 4.69) is 10.2 Å². The lowest BCUT2D eigenvalue weighted by Gasteiger charge is -2.33. The monoisotopic (exact) mass is 486 g/mol. The lowest BCUT2D eigenvalue weighted by molar-refractivity contribution is 0.0957. The minimum Gasteiger partial charge on any atom is -0.496 e. The quantitative estimate of drug-likeness (QED) is 0.547. The van der Waals surface area contributed by atoms with E-state index < -0.39 is 22.0 Å². The van der Waals surface area contributed by atoms with Crippen LogP contribution in [0.4, 0.5) is 4.79 Å². The molecular formula is C23H26N4O6S. The van der Waals surface area contributed by atoms with Crippen molar-refractivity contribution in [1.29, 1.82) is 0 Å². The molecule has 1 aliphatic heterocycles. The van der Waals surface area contributed by atoms with Crippen molar-refractivity contribution < 1.29 is 27.9 Å². The van der Waals surface area contributed by atoms with Gasteiger partial charge in [0, 0.05) is 50.7 Å². The van der Waals surface area contributed by atoms with Crippen molar-refractivity contribution in [2.45, 2.75) is 11.4 Å². The Kier molecular flexibility index (Phi) is 6.49. The van der Waals surface area contributed by atoms with Gasteiger partial charge >= 0.3 is 6.09 Å². The van der Waals surface area contributed by atoms with Crippen molar-refractivity contribution in [1.82, 2.24) is 19.1 Å². The average Bonchev–Trinajstić information content (AvgIpc) is 3.25. The van der Waals surface area contributed by atoms with Crippen LogP contribution >= 0.6 is 0 Å². The standard InChI is InChI=1S/C23H26N4O6S/c1-24-22(28)20-14-17-18(15-25-10-12-26(13-11-25)23(29)30)21(33-2)9-8-19(17)27(20)34(31,32)16-6-4-3-5-7-16/h3-9,14H,10-13,15H2,1-2H3,(H,24,28)(H,29,30).